The van der Waals surface area contributed by atoms with Gasteiger partial charge >= 0.3 is 0 Å². The summed E-state index contributed by atoms with van der Waals surface area (Å²) in [5.41, 5.74) is 0. The minimum absolute atomic E-state index is 0.0985. The lowest BCUT2D eigenvalue weighted by molar-refractivity contribution is -0.122. The van der Waals surface area contributed by atoms with Gasteiger partial charge in [0.1, 0.15) is 0 Å². The molecule has 4 nitrogen and oxygen atoms in total. The van der Waals surface area contributed by atoms with E-state index in [1.807, 2.05) is 25.4 Å². The normalized spacial score (nSPS) is 20.7. The van der Waals surface area contributed by atoms with Crippen molar-refractivity contribution in [2.45, 2.75) is 31.8 Å². The first-order chi connectivity index (χ1) is 9.15. The molecular weight excluding hydrogens is 258 g/mol. The van der Waals surface area contributed by atoms with Crippen LogP contribution in [0.15, 0.2) is 17.5 Å². The second-order valence-corrected chi connectivity index (χ2v) is 6.27. The SMILES string of the molecule is CC(NC(=O)CN(C)CC1CCCN1)c1cccs1. The third kappa shape index (κ3) is 4.60. The van der Waals surface area contributed by atoms with Crippen LogP contribution in [-0.4, -0.2) is 43.5 Å². The van der Waals surface area contributed by atoms with E-state index >= 15 is 0 Å². The van der Waals surface area contributed by atoms with Crippen LogP contribution in [0.25, 0.3) is 0 Å². The molecule has 2 heterocycles. The maximum atomic E-state index is 12.0. The second kappa shape index (κ2) is 7.03. The molecule has 2 N–H and O–H groups in total. The molecule has 1 aliphatic rings. The van der Waals surface area contributed by atoms with Gasteiger partial charge in [0.15, 0.2) is 0 Å². The third-order valence-corrected chi connectivity index (χ3v) is 4.51. The number of rotatable bonds is 6. The zero-order chi connectivity index (χ0) is 13.7. The summed E-state index contributed by atoms with van der Waals surface area (Å²) in [5, 5.41) is 8.54. The van der Waals surface area contributed by atoms with Crippen LogP contribution >= 0.6 is 11.3 Å². The fourth-order valence-corrected chi connectivity index (χ4v) is 3.23. The minimum atomic E-state index is 0.0985. The summed E-state index contributed by atoms with van der Waals surface area (Å²) in [6.07, 6.45) is 2.47. The van der Waals surface area contributed by atoms with Gasteiger partial charge in [0, 0.05) is 17.5 Å². The van der Waals surface area contributed by atoms with Crippen molar-refractivity contribution >= 4 is 17.2 Å². The highest BCUT2D eigenvalue weighted by Gasteiger charge is 2.18. The van der Waals surface area contributed by atoms with Crippen LogP contribution in [0.5, 0.6) is 0 Å². The van der Waals surface area contributed by atoms with Gasteiger partial charge in [-0.25, -0.2) is 0 Å². The summed E-state index contributed by atoms with van der Waals surface area (Å²) in [6, 6.07) is 4.72. The maximum absolute atomic E-state index is 12.0. The van der Waals surface area contributed by atoms with Gasteiger partial charge in [0.2, 0.25) is 5.91 Å². The van der Waals surface area contributed by atoms with Gasteiger partial charge in [-0.2, -0.15) is 0 Å². The van der Waals surface area contributed by atoms with Gasteiger partial charge in [0.05, 0.1) is 12.6 Å². The van der Waals surface area contributed by atoms with Crippen molar-refractivity contribution in [1.82, 2.24) is 15.5 Å². The Morgan fingerprint density at radius 3 is 3.16 bits per heavy atom. The van der Waals surface area contributed by atoms with E-state index in [9.17, 15) is 4.79 Å². The van der Waals surface area contributed by atoms with Crippen LogP contribution < -0.4 is 10.6 Å². The molecule has 106 valence electrons. The zero-order valence-electron chi connectivity index (χ0n) is 11.7. The largest absolute Gasteiger partial charge is 0.348 e. The molecule has 1 fully saturated rings. The van der Waals surface area contributed by atoms with Gasteiger partial charge in [-0.05, 0) is 44.8 Å². The van der Waals surface area contributed by atoms with Gasteiger partial charge in [-0.1, -0.05) is 6.07 Å². The van der Waals surface area contributed by atoms with Crippen molar-refractivity contribution < 1.29 is 4.79 Å². The molecule has 2 atom stereocenters. The average molecular weight is 281 g/mol. The van der Waals surface area contributed by atoms with Crippen LogP contribution in [0.1, 0.15) is 30.7 Å². The van der Waals surface area contributed by atoms with Gasteiger partial charge < -0.3 is 10.6 Å². The fraction of sp³-hybridized carbons (Fsp3) is 0.643. The molecule has 1 saturated heterocycles. The fourth-order valence-electron chi connectivity index (χ4n) is 2.49. The molecule has 5 heteroatoms. The lowest BCUT2D eigenvalue weighted by Crippen LogP contribution is -2.41. The summed E-state index contributed by atoms with van der Waals surface area (Å²) < 4.78 is 0. The Bertz CT molecular complexity index is 387. The van der Waals surface area contributed by atoms with Crippen molar-refractivity contribution in [1.29, 1.82) is 0 Å². The first-order valence-electron chi connectivity index (χ1n) is 6.90. The molecule has 0 aromatic carbocycles. The molecule has 0 bridgehead atoms. The van der Waals surface area contributed by atoms with E-state index in [-0.39, 0.29) is 11.9 Å². The Morgan fingerprint density at radius 2 is 2.53 bits per heavy atom. The molecule has 1 aromatic rings. The predicted octanol–water partition coefficient (Wildman–Crippen LogP) is 1.61. The number of nitrogens with one attached hydrogen (secondary N) is 2. The Morgan fingerprint density at radius 1 is 1.68 bits per heavy atom. The van der Waals surface area contributed by atoms with Crippen molar-refractivity contribution in [3.8, 4) is 0 Å². The van der Waals surface area contributed by atoms with Gasteiger partial charge in [-0.3, -0.25) is 9.69 Å². The van der Waals surface area contributed by atoms with E-state index in [2.05, 4.69) is 21.6 Å². The highest BCUT2D eigenvalue weighted by atomic mass is 32.1. The van der Waals surface area contributed by atoms with Crippen LogP contribution in [0, 0.1) is 0 Å². The van der Waals surface area contributed by atoms with Gasteiger partial charge in [-0.15, -0.1) is 11.3 Å². The summed E-state index contributed by atoms with van der Waals surface area (Å²) >= 11 is 1.68. The van der Waals surface area contributed by atoms with E-state index in [0.29, 0.717) is 12.6 Å². The minimum Gasteiger partial charge on any atom is -0.348 e. The maximum Gasteiger partial charge on any atom is 0.234 e. The van der Waals surface area contributed by atoms with Crippen LogP contribution in [-0.2, 0) is 4.79 Å². The summed E-state index contributed by atoms with van der Waals surface area (Å²) in [6.45, 7) is 4.55. The molecule has 0 spiro atoms. The lowest BCUT2D eigenvalue weighted by Gasteiger charge is -2.21. The quantitative estimate of drug-likeness (QED) is 0.832. The second-order valence-electron chi connectivity index (χ2n) is 5.29. The third-order valence-electron chi connectivity index (χ3n) is 3.46. The molecular formula is C14H23N3OS. The standard InChI is InChI=1S/C14H23N3OS/c1-11(13-6-4-8-19-13)16-14(18)10-17(2)9-12-5-3-7-15-12/h4,6,8,11-12,15H,3,5,7,9-10H2,1-2H3,(H,16,18). The van der Waals surface area contributed by atoms with E-state index in [0.717, 1.165) is 13.1 Å². The number of hydrogen-bond donors (Lipinski definition) is 2. The number of amides is 1. The first-order valence-corrected chi connectivity index (χ1v) is 7.78. The number of thiophene rings is 1. The first kappa shape index (κ1) is 14.5. The molecule has 1 amide bonds. The monoisotopic (exact) mass is 281 g/mol. The van der Waals surface area contributed by atoms with Crippen molar-refractivity contribution in [3.63, 3.8) is 0 Å². The Labute approximate surface area is 119 Å². The Hall–Kier alpha value is -0.910. The molecule has 0 saturated carbocycles. The van der Waals surface area contributed by atoms with Crippen molar-refractivity contribution in [2.75, 3.05) is 26.7 Å². The summed E-state index contributed by atoms with van der Waals surface area (Å²) in [7, 11) is 2.01. The van der Waals surface area contributed by atoms with Crippen LogP contribution in [0.3, 0.4) is 0 Å². The predicted molar refractivity (Wildman–Crippen MR) is 79.4 cm³/mol. The van der Waals surface area contributed by atoms with E-state index < -0.39 is 0 Å². The summed E-state index contributed by atoms with van der Waals surface area (Å²) in [5.74, 6) is 0.0985. The van der Waals surface area contributed by atoms with Crippen LogP contribution in [0.4, 0.5) is 0 Å². The Balaban J connectivity index is 1.71. The zero-order valence-corrected chi connectivity index (χ0v) is 12.5. The average Bonchev–Trinajstić information content (AvgIpc) is 3.00. The summed E-state index contributed by atoms with van der Waals surface area (Å²) in [4.78, 5) is 15.3. The molecule has 1 aliphatic heterocycles. The highest BCUT2D eigenvalue weighted by molar-refractivity contribution is 7.10. The van der Waals surface area contributed by atoms with Crippen LogP contribution in [0.2, 0.25) is 0 Å². The van der Waals surface area contributed by atoms with E-state index in [1.54, 1.807) is 11.3 Å². The van der Waals surface area contributed by atoms with Gasteiger partial charge in [0.25, 0.3) is 0 Å². The number of hydrogen-bond acceptors (Lipinski definition) is 4. The molecule has 0 aliphatic carbocycles. The number of carbonyl (C=O) groups excluding carboxylic acids is 1. The molecule has 19 heavy (non-hydrogen) atoms. The van der Waals surface area contributed by atoms with E-state index in [1.165, 1.54) is 17.7 Å². The Kier molecular flexibility index (Phi) is 5.36. The molecule has 1 aromatic heterocycles. The van der Waals surface area contributed by atoms with Crippen molar-refractivity contribution in [3.05, 3.63) is 22.4 Å². The molecule has 2 rings (SSSR count). The molecule has 0 radical (unpaired) electrons. The number of carbonyl (C=O) groups is 1. The number of likely N-dealkylation sites (N-methyl/N-ethyl adjacent to an activating group) is 1. The lowest BCUT2D eigenvalue weighted by atomic mass is 10.2. The topological polar surface area (TPSA) is 44.4 Å². The van der Waals surface area contributed by atoms with Crippen molar-refractivity contribution in [2.24, 2.45) is 0 Å². The molecule has 2 unspecified atom stereocenters. The van der Waals surface area contributed by atoms with E-state index in [4.69, 9.17) is 0 Å². The number of nitrogens with zero attached hydrogens (tertiary/aromatic N) is 1. The highest BCUT2D eigenvalue weighted by Crippen LogP contribution is 2.17. The smallest absolute Gasteiger partial charge is 0.234 e.